The number of aryl methyl sites for hydroxylation is 1. The highest BCUT2D eigenvalue weighted by molar-refractivity contribution is 6.17. The minimum atomic E-state index is -0.0517. The Morgan fingerprint density at radius 1 is 1.35 bits per heavy atom. The fraction of sp³-hybridized carbons (Fsp3) is 0.714. The van der Waals surface area contributed by atoms with Crippen LogP contribution in [0, 0.1) is 0 Å². The zero-order chi connectivity index (χ0) is 14.8. The molecule has 1 heterocycles. The zero-order valence-electron chi connectivity index (χ0n) is 12.3. The highest BCUT2D eigenvalue weighted by atomic mass is 35.5. The van der Waals surface area contributed by atoms with Crippen LogP contribution in [0.5, 0.6) is 0 Å². The van der Waals surface area contributed by atoms with Gasteiger partial charge in [-0.15, -0.1) is 11.6 Å². The third-order valence-corrected chi connectivity index (χ3v) is 3.45. The predicted molar refractivity (Wildman–Crippen MR) is 82.8 cm³/mol. The number of likely N-dealkylation sites (N-methyl/N-ethyl adjacent to an activating group) is 1. The maximum atomic E-state index is 12.0. The van der Waals surface area contributed by atoms with E-state index < -0.39 is 0 Å². The van der Waals surface area contributed by atoms with Crippen molar-refractivity contribution in [2.45, 2.75) is 32.2 Å². The van der Waals surface area contributed by atoms with Crippen LogP contribution in [0.15, 0.2) is 17.1 Å². The number of ether oxygens (including phenoxy) is 1. The molecule has 1 aromatic rings. The van der Waals surface area contributed by atoms with Crippen molar-refractivity contribution in [3.63, 3.8) is 0 Å². The Balaban J connectivity index is 2.48. The molecule has 0 N–H and O–H groups in total. The number of anilines is 1. The summed E-state index contributed by atoms with van der Waals surface area (Å²) in [5.41, 5.74) is 0.773. The van der Waals surface area contributed by atoms with Crippen molar-refractivity contribution in [1.82, 2.24) is 9.78 Å². The van der Waals surface area contributed by atoms with Gasteiger partial charge < -0.3 is 9.64 Å². The number of nitrogens with zero attached hydrogens (tertiary/aromatic N) is 3. The van der Waals surface area contributed by atoms with E-state index in [-0.39, 0.29) is 5.56 Å². The molecule has 0 saturated carbocycles. The van der Waals surface area contributed by atoms with E-state index in [9.17, 15) is 4.79 Å². The molecule has 0 spiro atoms. The van der Waals surface area contributed by atoms with Crippen LogP contribution < -0.4 is 10.5 Å². The van der Waals surface area contributed by atoms with E-state index in [2.05, 4.69) is 5.10 Å². The van der Waals surface area contributed by atoms with Gasteiger partial charge in [-0.1, -0.05) is 12.8 Å². The molecule has 0 fully saturated rings. The van der Waals surface area contributed by atoms with Crippen molar-refractivity contribution in [3.05, 3.63) is 22.6 Å². The molecule has 0 atom stereocenters. The van der Waals surface area contributed by atoms with E-state index in [1.54, 1.807) is 19.4 Å². The monoisotopic (exact) mass is 301 g/mol. The Labute approximate surface area is 125 Å². The smallest absolute Gasteiger partial charge is 0.268 e. The fourth-order valence-electron chi connectivity index (χ4n) is 1.87. The van der Waals surface area contributed by atoms with E-state index in [0.29, 0.717) is 19.0 Å². The number of aromatic nitrogens is 2. The van der Waals surface area contributed by atoms with Crippen molar-refractivity contribution >= 4 is 17.3 Å². The number of alkyl halides is 1. The van der Waals surface area contributed by atoms with Gasteiger partial charge in [0.05, 0.1) is 18.5 Å². The molecule has 0 saturated heterocycles. The topological polar surface area (TPSA) is 47.4 Å². The summed E-state index contributed by atoms with van der Waals surface area (Å²) in [6, 6.07) is 1.63. The van der Waals surface area contributed by atoms with Crippen LogP contribution in [0.4, 0.5) is 5.69 Å². The maximum absolute atomic E-state index is 12.0. The van der Waals surface area contributed by atoms with Gasteiger partial charge in [0.1, 0.15) is 0 Å². The molecular formula is C14H24ClN3O2. The second kappa shape index (κ2) is 9.77. The quantitative estimate of drug-likeness (QED) is 0.491. The zero-order valence-corrected chi connectivity index (χ0v) is 13.1. The number of rotatable bonds is 10. The summed E-state index contributed by atoms with van der Waals surface area (Å²) in [6.07, 6.45) is 5.91. The van der Waals surface area contributed by atoms with Gasteiger partial charge in [0.2, 0.25) is 0 Å². The van der Waals surface area contributed by atoms with Crippen LogP contribution in [-0.2, 0) is 11.3 Å². The van der Waals surface area contributed by atoms with Gasteiger partial charge in [-0.3, -0.25) is 4.79 Å². The van der Waals surface area contributed by atoms with Crippen LogP contribution >= 0.6 is 11.6 Å². The molecule has 5 nitrogen and oxygen atoms in total. The van der Waals surface area contributed by atoms with Gasteiger partial charge in [-0.25, -0.2) is 4.68 Å². The summed E-state index contributed by atoms with van der Waals surface area (Å²) >= 11 is 5.62. The van der Waals surface area contributed by atoms with E-state index in [0.717, 1.165) is 37.9 Å². The molecule has 0 aliphatic carbocycles. The molecule has 0 aliphatic rings. The third-order valence-electron chi connectivity index (χ3n) is 3.18. The second-order valence-corrected chi connectivity index (χ2v) is 5.17. The van der Waals surface area contributed by atoms with Crippen molar-refractivity contribution in [1.29, 1.82) is 0 Å². The highest BCUT2D eigenvalue weighted by Crippen LogP contribution is 2.07. The van der Waals surface area contributed by atoms with Crippen molar-refractivity contribution in [3.8, 4) is 0 Å². The third kappa shape index (κ3) is 5.92. The SMILES string of the molecule is COCCN(C)c1cnn(CCCCCCCl)c(=O)c1. The van der Waals surface area contributed by atoms with Crippen molar-refractivity contribution < 1.29 is 4.74 Å². The molecule has 20 heavy (non-hydrogen) atoms. The molecule has 114 valence electrons. The highest BCUT2D eigenvalue weighted by Gasteiger charge is 2.04. The Hall–Kier alpha value is -1.07. The lowest BCUT2D eigenvalue weighted by Gasteiger charge is -2.18. The maximum Gasteiger partial charge on any atom is 0.268 e. The van der Waals surface area contributed by atoms with Crippen LogP contribution in [0.3, 0.4) is 0 Å². The molecule has 0 amide bonds. The molecule has 6 heteroatoms. The number of methoxy groups -OCH3 is 1. The minimum absolute atomic E-state index is 0.0517. The minimum Gasteiger partial charge on any atom is -0.383 e. The molecule has 0 bridgehead atoms. The summed E-state index contributed by atoms with van der Waals surface area (Å²) in [7, 11) is 3.58. The molecule has 0 radical (unpaired) electrons. The summed E-state index contributed by atoms with van der Waals surface area (Å²) in [6.45, 7) is 2.03. The van der Waals surface area contributed by atoms with Gasteiger partial charge in [0.15, 0.2) is 0 Å². The summed E-state index contributed by atoms with van der Waals surface area (Å²) in [5, 5.41) is 4.22. The fourth-order valence-corrected chi connectivity index (χ4v) is 2.06. The standard InChI is InChI=1S/C14H24ClN3O2/c1-17(9-10-20-2)13-11-14(19)18(16-12-13)8-6-4-3-5-7-15/h11-12H,3-10H2,1-2H3. The molecule has 0 aliphatic heterocycles. The lowest BCUT2D eigenvalue weighted by molar-refractivity contribution is 0.206. The number of hydrogen-bond acceptors (Lipinski definition) is 4. The summed E-state index contributed by atoms with van der Waals surface area (Å²) in [5.74, 6) is 0.709. The van der Waals surface area contributed by atoms with E-state index in [1.165, 1.54) is 4.68 Å². The van der Waals surface area contributed by atoms with Crippen LogP contribution in [-0.4, -0.2) is 43.0 Å². The first kappa shape index (κ1) is 17.0. The lowest BCUT2D eigenvalue weighted by Crippen LogP contribution is -2.27. The lowest BCUT2D eigenvalue weighted by atomic mass is 10.2. The Morgan fingerprint density at radius 2 is 2.10 bits per heavy atom. The first-order chi connectivity index (χ1) is 9.69. The van der Waals surface area contributed by atoms with Crippen molar-refractivity contribution in [2.75, 3.05) is 38.1 Å². The first-order valence-electron chi connectivity index (χ1n) is 7.02. The van der Waals surface area contributed by atoms with Gasteiger partial charge >= 0.3 is 0 Å². The van der Waals surface area contributed by atoms with Gasteiger partial charge in [0.25, 0.3) is 5.56 Å². The summed E-state index contributed by atoms with van der Waals surface area (Å²) < 4.78 is 6.54. The van der Waals surface area contributed by atoms with E-state index in [1.807, 2.05) is 11.9 Å². The van der Waals surface area contributed by atoms with Gasteiger partial charge in [-0.2, -0.15) is 5.10 Å². The molecular weight excluding hydrogens is 278 g/mol. The summed E-state index contributed by atoms with van der Waals surface area (Å²) in [4.78, 5) is 13.9. The molecule has 1 aromatic heterocycles. The number of halogens is 1. The number of unbranched alkanes of at least 4 members (excludes halogenated alkanes) is 3. The van der Waals surface area contributed by atoms with Crippen LogP contribution in [0.1, 0.15) is 25.7 Å². The molecule has 0 aromatic carbocycles. The van der Waals surface area contributed by atoms with E-state index in [4.69, 9.17) is 16.3 Å². The van der Waals surface area contributed by atoms with Crippen LogP contribution in [0.2, 0.25) is 0 Å². The Bertz CT molecular complexity index is 437. The predicted octanol–water partition coefficient (Wildman–Crippen LogP) is 2.13. The average Bonchev–Trinajstić information content (AvgIpc) is 2.46. The van der Waals surface area contributed by atoms with Gasteiger partial charge in [-0.05, 0) is 12.8 Å². The first-order valence-corrected chi connectivity index (χ1v) is 7.55. The largest absolute Gasteiger partial charge is 0.383 e. The number of hydrogen-bond donors (Lipinski definition) is 0. The molecule has 0 unspecified atom stereocenters. The van der Waals surface area contributed by atoms with Crippen LogP contribution in [0.25, 0.3) is 0 Å². The van der Waals surface area contributed by atoms with E-state index >= 15 is 0 Å². The Kier molecular flexibility index (Phi) is 8.30. The van der Waals surface area contributed by atoms with Gasteiger partial charge in [0, 0.05) is 39.2 Å². The second-order valence-electron chi connectivity index (χ2n) is 4.79. The van der Waals surface area contributed by atoms with Crippen molar-refractivity contribution in [2.24, 2.45) is 0 Å². The average molecular weight is 302 g/mol. The molecule has 1 rings (SSSR count). The normalized spacial score (nSPS) is 10.8. The Morgan fingerprint density at radius 3 is 2.75 bits per heavy atom.